The number of carbonyl (C=O) groups excluding carboxylic acids is 1. The number of halogens is 1. The van der Waals surface area contributed by atoms with E-state index in [1.165, 1.54) is 0 Å². The Balaban J connectivity index is 0.00000243. The Hall–Kier alpha value is -2.08. The standard InChI is InChI=1S/C20H24N2O3.ClH/c1-22(20(23)13-19-14-21-11-12-24-19)15-16-7-9-18(10-8-16)25-17-5-3-2-4-6-17;/h2-10,19,21H,11-15H2,1H3;1H. The molecule has 0 aliphatic carbocycles. The van der Waals surface area contributed by atoms with Crippen LogP contribution in [0.4, 0.5) is 0 Å². The molecule has 1 amide bonds. The molecule has 1 aliphatic heterocycles. The Morgan fingerprint density at radius 1 is 1.15 bits per heavy atom. The van der Waals surface area contributed by atoms with Gasteiger partial charge in [0.15, 0.2) is 0 Å². The number of para-hydroxylation sites is 1. The lowest BCUT2D eigenvalue weighted by atomic mass is 10.1. The van der Waals surface area contributed by atoms with Gasteiger partial charge in [-0.15, -0.1) is 12.4 Å². The van der Waals surface area contributed by atoms with Gasteiger partial charge in [0.1, 0.15) is 11.5 Å². The average Bonchev–Trinajstić information content (AvgIpc) is 2.65. The predicted molar refractivity (Wildman–Crippen MR) is 104 cm³/mol. The summed E-state index contributed by atoms with van der Waals surface area (Å²) in [5, 5.41) is 3.25. The summed E-state index contributed by atoms with van der Waals surface area (Å²) in [6.45, 7) is 2.85. The van der Waals surface area contributed by atoms with Crippen LogP contribution < -0.4 is 10.1 Å². The van der Waals surface area contributed by atoms with Crippen molar-refractivity contribution in [2.24, 2.45) is 0 Å². The maximum absolute atomic E-state index is 12.3. The molecule has 1 unspecified atom stereocenters. The normalized spacial score (nSPS) is 16.4. The summed E-state index contributed by atoms with van der Waals surface area (Å²) < 4.78 is 11.4. The monoisotopic (exact) mass is 376 g/mol. The highest BCUT2D eigenvalue weighted by Gasteiger charge is 2.19. The average molecular weight is 377 g/mol. The number of morpholine rings is 1. The Morgan fingerprint density at radius 3 is 2.50 bits per heavy atom. The first-order valence-electron chi connectivity index (χ1n) is 8.59. The molecule has 3 rings (SSSR count). The highest BCUT2D eigenvalue weighted by atomic mass is 35.5. The predicted octanol–water partition coefficient (Wildman–Crippen LogP) is 3.24. The lowest BCUT2D eigenvalue weighted by Gasteiger charge is -2.25. The first kappa shape index (κ1) is 20.2. The summed E-state index contributed by atoms with van der Waals surface area (Å²) in [5.74, 6) is 1.69. The van der Waals surface area contributed by atoms with E-state index in [0.29, 0.717) is 19.6 Å². The molecule has 1 saturated heterocycles. The van der Waals surface area contributed by atoms with Crippen molar-refractivity contribution >= 4 is 18.3 Å². The van der Waals surface area contributed by atoms with Crippen LogP contribution in [-0.4, -0.2) is 43.7 Å². The third-order valence-corrected chi connectivity index (χ3v) is 4.15. The molecule has 1 N–H and O–H groups in total. The number of carbonyl (C=O) groups is 1. The van der Waals surface area contributed by atoms with Gasteiger partial charge in [-0.25, -0.2) is 0 Å². The van der Waals surface area contributed by atoms with E-state index in [2.05, 4.69) is 5.32 Å². The summed E-state index contributed by atoms with van der Waals surface area (Å²) in [6, 6.07) is 17.5. The van der Waals surface area contributed by atoms with E-state index >= 15 is 0 Å². The second-order valence-corrected chi connectivity index (χ2v) is 6.21. The number of hydrogen-bond donors (Lipinski definition) is 1. The van der Waals surface area contributed by atoms with Crippen LogP contribution in [-0.2, 0) is 16.1 Å². The van der Waals surface area contributed by atoms with Gasteiger partial charge in [-0.1, -0.05) is 30.3 Å². The molecule has 6 heteroatoms. The van der Waals surface area contributed by atoms with Gasteiger partial charge in [-0.3, -0.25) is 4.79 Å². The zero-order valence-electron chi connectivity index (χ0n) is 14.9. The summed E-state index contributed by atoms with van der Waals surface area (Å²) >= 11 is 0. The van der Waals surface area contributed by atoms with Crippen LogP contribution in [0, 0.1) is 0 Å². The van der Waals surface area contributed by atoms with Crippen LogP contribution in [0.3, 0.4) is 0 Å². The van der Waals surface area contributed by atoms with E-state index < -0.39 is 0 Å². The van der Waals surface area contributed by atoms with Gasteiger partial charge in [0, 0.05) is 26.7 Å². The van der Waals surface area contributed by atoms with Crippen LogP contribution in [0.2, 0.25) is 0 Å². The van der Waals surface area contributed by atoms with E-state index in [-0.39, 0.29) is 24.4 Å². The van der Waals surface area contributed by atoms with Gasteiger partial charge in [0.25, 0.3) is 0 Å². The van der Waals surface area contributed by atoms with Gasteiger partial charge in [0.2, 0.25) is 5.91 Å². The smallest absolute Gasteiger partial charge is 0.225 e. The maximum Gasteiger partial charge on any atom is 0.225 e. The van der Waals surface area contributed by atoms with Crippen molar-refractivity contribution in [3.8, 4) is 11.5 Å². The van der Waals surface area contributed by atoms with Crippen molar-refractivity contribution in [3.05, 3.63) is 60.2 Å². The Morgan fingerprint density at radius 2 is 1.85 bits per heavy atom. The lowest BCUT2D eigenvalue weighted by molar-refractivity contribution is -0.133. The number of nitrogens with zero attached hydrogens (tertiary/aromatic N) is 1. The van der Waals surface area contributed by atoms with Crippen molar-refractivity contribution in [2.45, 2.75) is 19.1 Å². The molecule has 1 fully saturated rings. The molecule has 26 heavy (non-hydrogen) atoms. The molecule has 1 atom stereocenters. The fourth-order valence-electron chi connectivity index (χ4n) is 2.75. The molecule has 1 aliphatic rings. The van der Waals surface area contributed by atoms with Crippen LogP contribution in [0.25, 0.3) is 0 Å². The molecule has 140 valence electrons. The molecule has 0 spiro atoms. The molecule has 0 saturated carbocycles. The molecule has 0 radical (unpaired) electrons. The third kappa shape index (κ3) is 6.02. The summed E-state index contributed by atoms with van der Waals surface area (Å²) in [4.78, 5) is 14.1. The number of rotatable bonds is 6. The molecule has 1 heterocycles. The van der Waals surface area contributed by atoms with Crippen LogP contribution in [0.15, 0.2) is 54.6 Å². The highest BCUT2D eigenvalue weighted by Crippen LogP contribution is 2.21. The van der Waals surface area contributed by atoms with E-state index in [1.54, 1.807) is 4.90 Å². The zero-order chi connectivity index (χ0) is 17.5. The Bertz CT molecular complexity index is 673. The van der Waals surface area contributed by atoms with Crippen molar-refractivity contribution in [3.63, 3.8) is 0 Å². The molecular formula is C20H25ClN2O3. The number of nitrogens with one attached hydrogen (secondary N) is 1. The minimum Gasteiger partial charge on any atom is -0.457 e. The van der Waals surface area contributed by atoms with Gasteiger partial charge >= 0.3 is 0 Å². The van der Waals surface area contributed by atoms with E-state index in [4.69, 9.17) is 9.47 Å². The molecule has 0 aromatic heterocycles. The number of benzene rings is 2. The van der Waals surface area contributed by atoms with Crippen LogP contribution in [0.5, 0.6) is 11.5 Å². The topological polar surface area (TPSA) is 50.8 Å². The van der Waals surface area contributed by atoms with Crippen molar-refractivity contribution in [1.82, 2.24) is 10.2 Å². The molecule has 2 aromatic rings. The number of amides is 1. The SMILES string of the molecule is CN(Cc1ccc(Oc2ccccc2)cc1)C(=O)CC1CNCCO1.Cl. The lowest BCUT2D eigenvalue weighted by Crippen LogP contribution is -2.41. The van der Waals surface area contributed by atoms with Crippen molar-refractivity contribution < 1.29 is 14.3 Å². The Kier molecular flexibility index (Phi) is 7.91. The summed E-state index contributed by atoms with van der Waals surface area (Å²) in [7, 11) is 1.83. The van der Waals surface area contributed by atoms with Gasteiger partial charge in [0.05, 0.1) is 19.1 Å². The van der Waals surface area contributed by atoms with E-state index in [0.717, 1.165) is 30.2 Å². The Labute approximate surface area is 160 Å². The summed E-state index contributed by atoms with van der Waals surface area (Å²) in [6.07, 6.45) is 0.393. The fourth-order valence-corrected chi connectivity index (χ4v) is 2.75. The molecule has 2 aromatic carbocycles. The second-order valence-electron chi connectivity index (χ2n) is 6.21. The zero-order valence-corrected chi connectivity index (χ0v) is 15.7. The third-order valence-electron chi connectivity index (χ3n) is 4.15. The minimum atomic E-state index is -0.0228. The van der Waals surface area contributed by atoms with Gasteiger partial charge in [-0.05, 0) is 29.8 Å². The second kappa shape index (κ2) is 10.2. The first-order chi connectivity index (χ1) is 12.2. The molecular weight excluding hydrogens is 352 g/mol. The maximum atomic E-state index is 12.3. The van der Waals surface area contributed by atoms with Crippen molar-refractivity contribution in [2.75, 3.05) is 26.7 Å². The quantitative estimate of drug-likeness (QED) is 0.840. The minimum absolute atomic E-state index is 0. The number of ether oxygens (including phenoxy) is 2. The summed E-state index contributed by atoms with van der Waals surface area (Å²) in [5.41, 5.74) is 1.07. The van der Waals surface area contributed by atoms with Crippen molar-refractivity contribution in [1.29, 1.82) is 0 Å². The highest BCUT2D eigenvalue weighted by molar-refractivity contribution is 5.85. The number of hydrogen-bond acceptors (Lipinski definition) is 4. The van der Waals surface area contributed by atoms with E-state index in [9.17, 15) is 4.79 Å². The van der Waals surface area contributed by atoms with Crippen LogP contribution in [0.1, 0.15) is 12.0 Å². The molecule has 5 nitrogen and oxygen atoms in total. The first-order valence-corrected chi connectivity index (χ1v) is 8.59. The molecule has 0 bridgehead atoms. The van der Waals surface area contributed by atoms with E-state index in [1.807, 2.05) is 61.6 Å². The van der Waals surface area contributed by atoms with Gasteiger partial charge < -0.3 is 19.7 Å². The fraction of sp³-hybridized carbons (Fsp3) is 0.350. The largest absolute Gasteiger partial charge is 0.457 e. The van der Waals surface area contributed by atoms with Crippen LogP contribution >= 0.6 is 12.4 Å². The van der Waals surface area contributed by atoms with Gasteiger partial charge in [-0.2, -0.15) is 0 Å².